The Hall–Kier alpha value is -4.89. The Morgan fingerprint density at radius 2 is 1.54 bits per heavy atom. The van der Waals surface area contributed by atoms with Gasteiger partial charge in [-0.2, -0.15) is 4.72 Å². The van der Waals surface area contributed by atoms with E-state index in [4.69, 9.17) is 9.47 Å². The van der Waals surface area contributed by atoms with E-state index in [-0.39, 0.29) is 35.5 Å². The summed E-state index contributed by atoms with van der Waals surface area (Å²) in [5, 5.41) is 22.5. The number of hydrogen-bond acceptors (Lipinski definition) is 9. The molecule has 0 radical (unpaired) electrons. The van der Waals surface area contributed by atoms with Crippen molar-refractivity contribution < 1.29 is 37.7 Å². The number of aliphatic hydroxyl groups is 1. The number of anilines is 1. The Morgan fingerprint density at radius 1 is 0.852 bits per heavy atom. The van der Waals surface area contributed by atoms with Crippen LogP contribution in [-0.4, -0.2) is 53.4 Å². The fourth-order valence-electron chi connectivity index (χ4n) is 6.10. The van der Waals surface area contributed by atoms with E-state index in [2.05, 4.69) is 15.0 Å². The molecule has 6 rings (SSSR count). The maximum atomic E-state index is 13.7. The SMILES string of the molecule is Cc1ccc(S(=O)(=O)NC(Cc2ccccc2)C(=O)Nc2ccc(C3OC(CSc4ncccc4C(=O)O)C(C)C(c4ccc(CO)cc4)O3)cc2)cc1. The smallest absolute Gasteiger partial charge is 0.338 e. The maximum absolute atomic E-state index is 13.7. The van der Waals surface area contributed by atoms with Gasteiger partial charge in [0, 0.05) is 29.1 Å². The summed E-state index contributed by atoms with van der Waals surface area (Å²) >= 11 is 1.30. The summed E-state index contributed by atoms with van der Waals surface area (Å²) < 4.78 is 42.3. The highest BCUT2D eigenvalue weighted by atomic mass is 32.2. The van der Waals surface area contributed by atoms with Crippen molar-refractivity contribution in [2.75, 3.05) is 11.1 Å². The van der Waals surface area contributed by atoms with E-state index < -0.39 is 40.3 Å². The van der Waals surface area contributed by atoms with Gasteiger partial charge >= 0.3 is 5.97 Å². The van der Waals surface area contributed by atoms with E-state index in [9.17, 15) is 28.2 Å². The number of carbonyl (C=O) groups is 2. The number of aryl methyl sites for hydroxylation is 1. The van der Waals surface area contributed by atoms with Gasteiger partial charge in [0.15, 0.2) is 6.29 Å². The molecule has 5 unspecified atom stereocenters. The van der Waals surface area contributed by atoms with Crippen LogP contribution in [0.2, 0.25) is 0 Å². The van der Waals surface area contributed by atoms with E-state index >= 15 is 0 Å². The quantitative estimate of drug-likeness (QED) is 0.0896. The first kappa shape index (κ1) is 38.8. The largest absolute Gasteiger partial charge is 0.478 e. The van der Waals surface area contributed by atoms with Gasteiger partial charge in [-0.05, 0) is 66.4 Å². The molecule has 0 bridgehead atoms. The summed E-state index contributed by atoms with van der Waals surface area (Å²) in [6.45, 7) is 3.79. The second-order valence-electron chi connectivity index (χ2n) is 13.1. The fraction of sp³-hybridized carbons (Fsp3) is 0.244. The number of sulfonamides is 1. The lowest BCUT2D eigenvalue weighted by molar-refractivity contribution is -0.268. The molecule has 54 heavy (non-hydrogen) atoms. The Balaban J connectivity index is 1.21. The molecule has 1 fully saturated rings. The number of rotatable bonds is 14. The van der Waals surface area contributed by atoms with Crippen molar-refractivity contribution in [2.45, 2.75) is 61.3 Å². The number of carboxylic acids is 1. The number of amides is 1. The second-order valence-corrected chi connectivity index (χ2v) is 15.8. The number of ether oxygens (including phenoxy) is 2. The third-order valence-corrected chi connectivity index (χ3v) is 11.8. The summed E-state index contributed by atoms with van der Waals surface area (Å²) in [4.78, 5) is 29.9. The van der Waals surface area contributed by atoms with Crippen molar-refractivity contribution in [1.29, 1.82) is 0 Å². The van der Waals surface area contributed by atoms with Crippen molar-refractivity contribution >= 4 is 39.3 Å². The molecule has 0 spiro atoms. The number of aromatic carboxylic acids is 1. The topological polar surface area (TPSA) is 164 Å². The molecule has 1 aliphatic heterocycles. The minimum Gasteiger partial charge on any atom is -0.478 e. The van der Waals surface area contributed by atoms with Crippen LogP contribution in [-0.2, 0) is 37.3 Å². The number of hydrogen-bond donors (Lipinski definition) is 4. The van der Waals surface area contributed by atoms with Crippen LogP contribution in [0.1, 0.15) is 57.5 Å². The molecule has 1 amide bonds. The van der Waals surface area contributed by atoms with Crippen LogP contribution in [0.25, 0.3) is 0 Å². The number of nitrogens with one attached hydrogen (secondary N) is 2. The number of carboxylic acid groups (broad SMARTS) is 1. The fourth-order valence-corrected chi connectivity index (χ4v) is 8.45. The third kappa shape index (κ3) is 9.61. The van der Waals surface area contributed by atoms with Gasteiger partial charge in [-0.3, -0.25) is 4.79 Å². The first-order chi connectivity index (χ1) is 26.0. The van der Waals surface area contributed by atoms with Crippen molar-refractivity contribution in [1.82, 2.24) is 9.71 Å². The van der Waals surface area contributed by atoms with Gasteiger partial charge in [-0.1, -0.05) is 91.3 Å². The Labute approximate surface area is 318 Å². The van der Waals surface area contributed by atoms with E-state index in [1.54, 1.807) is 48.7 Å². The molecule has 1 saturated heterocycles. The molecule has 2 heterocycles. The Kier molecular flexibility index (Phi) is 12.6. The minimum absolute atomic E-state index is 0.0619. The first-order valence-corrected chi connectivity index (χ1v) is 19.8. The molecule has 1 aliphatic rings. The summed E-state index contributed by atoms with van der Waals surface area (Å²) in [6.07, 6.45) is 0.100. The summed E-state index contributed by atoms with van der Waals surface area (Å²) in [5.41, 5.74) is 4.60. The molecular formula is C41H41N3O8S2. The highest BCUT2D eigenvalue weighted by Crippen LogP contribution is 2.43. The summed E-state index contributed by atoms with van der Waals surface area (Å²) in [6, 6.07) is 32.1. The zero-order valence-corrected chi connectivity index (χ0v) is 31.3. The lowest BCUT2D eigenvalue weighted by atomic mass is 9.91. The normalized spacial score (nSPS) is 19.2. The van der Waals surface area contributed by atoms with E-state index in [0.717, 1.165) is 22.3 Å². The first-order valence-electron chi connectivity index (χ1n) is 17.4. The van der Waals surface area contributed by atoms with Crippen molar-refractivity contribution in [3.63, 3.8) is 0 Å². The molecule has 4 aromatic carbocycles. The second kappa shape index (κ2) is 17.5. The molecular weight excluding hydrogens is 727 g/mol. The predicted octanol–water partition coefficient (Wildman–Crippen LogP) is 6.69. The number of aromatic nitrogens is 1. The number of benzene rings is 4. The van der Waals surface area contributed by atoms with E-state index in [1.807, 2.05) is 68.4 Å². The minimum atomic E-state index is -4.02. The molecule has 0 saturated carbocycles. The number of carbonyl (C=O) groups excluding carboxylic acids is 1. The van der Waals surface area contributed by atoms with Gasteiger partial charge in [-0.15, -0.1) is 11.8 Å². The molecule has 13 heteroatoms. The van der Waals surface area contributed by atoms with Crippen LogP contribution in [0, 0.1) is 12.8 Å². The molecule has 11 nitrogen and oxygen atoms in total. The standard InChI is InChI=1S/C41H41N3O8S2/c1-26-10-20-33(21-11-26)54(49,50)44-35(23-28-7-4-3-5-8-28)38(46)43-32-18-16-31(17-19-32)41-51-36(25-53-39-34(40(47)48)9-6-22-42-39)27(2)37(52-41)30-14-12-29(24-45)13-15-30/h3-22,27,35-37,41,44-45H,23-25H2,1-2H3,(H,43,46)(H,47,48). The van der Waals surface area contributed by atoms with Gasteiger partial charge in [-0.25, -0.2) is 18.2 Å². The van der Waals surface area contributed by atoms with Crippen LogP contribution < -0.4 is 10.0 Å². The molecule has 4 N–H and O–H groups in total. The monoisotopic (exact) mass is 767 g/mol. The predicted molar refractivity (Wildman–Crippen MR) is 205 cm³/mol. The van der Waals surface area contributed by atoms with Crippen LogP contribution in [0.4, 0.5) is 5.69 Å². The van der Waals surface area contributed by atoms with E-state index in [1.165, 1.54) is 30.0 Å². The molecule has 5 atom stereocenters. The van der Waals surface area contributed by atoms with Crippen LogP contribution >= 0.6 is 11.8 Å². The average molecular weight is 768 g/mol. The number of pyridine rings is 1. The van der Waals surface area contributed by atoms with Crippen LogP contribution in [0.5, 0.6) is 0 Å². The van der Waals surface area contributed by atoms with Crippen molar-refractivity contribution in [3.05, 3.63) is 155 Å². The lowest BCUT2D eigenvalue weighted by Crippen LogP contribution is -2.45. The van der Waals surface area contributed by atoms with Crippen molar-refractivity contribution in [2.24, 2.45) is 5.92 Å². The molecule has 5 aromatic rings. The highest BCUT2D eigenvalue weighted by molar-refractivity contribution is 7.99. The van der Waals surface area contributed by atoms with Gasteiger partial charge in [0.1, 0.15) is 11.1 Å². The Bertz CT molecular complexity index is 2150. The Morgan fingerprint density at radius 3 is 2.20 bits per heavy atom. The molecule has 1 aromatic heterocycles. The zero-order valence-electron chi connectivity index (χ0n) is 29.7. The van der Waals surface area contributed by atoms with Crippen molar-refractivity contribution in [3.8, 4) is 0 Å². The zero-order chi connectivity index (χ0) is 38.2. The highest BCUT2D eigenvalue weighted by Gasteiger charge is 2.38. The summed E-state index contributed by atoms with van der Waals surface area (Å²) in [7, 11) is -4.02. The van der Waals surface area contributed by atoms with Gasteiger partial charge in [0.2, 0.25) is 15.9 Å². The third-order valence-electron chi connectivity index (χ3n) is 9.19. The summed E-state index contributed by atoms with van der Waals surface area (Å²) in [5.74, 6) is -1.33. The maximum Gasteiger partial charge on any atom is 0.338 e. The average Bonchev–Trinajstić information content (AvgIpc) is 3.18. The van der Waals surface area contributed by atoms with Crippen LogP contribution in [0.3, 0.4) is 0 Å². The molecule has 280 valence electrons. The lowest BCUT2D eigenvalue weighted by Gasteiger charge is -2.41. The number of aliphatic hydroxyl groups excluding tert-OH is 1. The van der Waals surface area contributed by atoms with Gasteiger partial charge < -0.3 is 25.0 Å². The molecule has 0 aliphatic carbocycles. The van der Waals surface area contributed by atoms with Gasteiger partial charge in [0.25, 0.3) is 0 Å². The van der Waals surface area contributed by atoms with Crippen LogP contribution in [0.15, 0.2) is 131 Å². The number of nitrogens with zero attached hydrogens (tertiary/aromatic N) is 1. The van der Waals surface area contributed by atoms with Gasteiger partial charge in [0.05, 0.1) is 29.3 Å². The van der Waals surface area contributed by atoms with E-state index in [0.29, 0.717) is 22.0 Å². The number of thioether (sulfide) groups is 1.